The lowest BCUT2D eigenvalue weighted by atomic mass is 10.0. The molecule has 0 aromatic heterocycles. The minimum Gasteiger partial charge on any atom is -0.507 e. The Bertz CT molecular complexity index is 1580. The smallest absolute Gasteiger partial charge is 0.295 e. The molecular formula is C25H22N4O5S. The van der Waals surface area contributed by atoms with Gasteiger partial charge in [0.2, 0.25) is 0 Å². The molecule has 0 unspecified atom stereocenters. The van der Waals surface area contributed by atoms with E-state index >= 15 is 0 Å². The van der Waals surface area contributed by atoms with E-state index in [0.717, 1.165) is 28.0 Å². The molecule has 0 bridgehead atoms. The molecule has 0 spiro atoms. The Morgan fingerprint density at radius 2 is 1.71 bits per heavy atom. The van der Waals surface area contributed by atoms with Crippen LogP contribution in [-0.4, -0.2) is 24.7 Å². The fraction of sp³-hybridized carbons (Fsp3) is 0.0800. The summed E-state index contributed by atoms with van der Waals surface area (Å²) in [5.41, 5.74) is 4.65. The zero-order valence-corrected chi connectivity index (χ0v) is 19.7. The minimum atomic E-state index is -4.07. The van der Waals surface area contributed by atoms with Crippen LogP contribution in [-0.2, 0) is 10.0 Å². The van der Waals surface area contributed by atoms with Gasteiger partial charge in [-0.3, -0.25) is 20.3 Å². The average Bonchev–Trinajstić information content (AvgIpc) is 2.82. The van der Waals surface area contributed by atoms with Crippen molar-refractivity contribution in [1.29, 1.82) is 0 Å². The molecule has 0 aliphatic carbocycles. The van der Waals surface area contributed by atoms with Gasteiger partial charge >= 0.3 is 0 Å². The average molecular weight is 491 g/mol. The van der Waals surface area contributed by atoms with Crippen LogP contribution in [0.1, 0.15) is 16.7 Å². The lowest BCUT2D eigenvalue weighted by molar-refractivity contribution is -0.384. The van der Waals surface area contributed by atoms with Crippen molar-refractivity contribution in [3.05, 3.63) is 99.6 Å². The first-order valence-electron chi connectivity index (χ1n) is 10.5. The Labute approximate surface area is 201 Å². The zero-order chi connectivity index (χ0) is 25.2. The molecule has 178 valence electrons. The topological polar surface area (TPSA) is 134 Å². The van der Waals surface area contributed by atoms with E-state index < -0.39 is 20.6 Å². The number of nitro groups is 1. The standard InChI is InChI=1S/C25H22N4O5S/c1-16-7-10-22(17(2)13-16)28-35(33,34)19-9-11-23(24(14-19)29(31)32)27-26-15-21-20-6-4-3-5-18(20)8-12-25(21)30/h3-15,27-28,30H,1-2H3/b26-15+. The van der Waals surface area contributed by atoms with Crippen molar-refractivity contribution in [3.63, 3.8) is 0 Å². The van der Waals surface area contributed by atoms with Crippen molar-refractivity contribution in [3.8, 4) is 5.75 Å². The maximum absolute atomic E-state index is 12.9. The summed E-state index contributed by atoms with van der Waals surface area (Å²) >= 11 is 0. The van der Waals surface area contributed by atoms with Gasteiger partial charge in [0, 0.05) is 11.6 Å². The first-order chi connectivity index (χ1) is 16.7. The number of aromatic hydroxyl groups is 1. The highest BCUT2D eigenvalue weighted by Crippen LogP contribution is 2.30. The number of fused-ring (bicyclic) bond motifs is 1. The van der Waals surface area contributed by atoms with Gasteiger partial charge in [-0.2, -0.15) is 5.10 Å². The summed E-state index contributed by atoms with van der Waals surface area (Å²) in [5.74, 6) is 0.00247. The monoisotopic (exact) mass is 490 g/mol. The summed E-state index contributed by atoms with van der Waals surface area (Å²) in [6, 6.07) is 19.4. The predicted octanol–water partition coefficient (Wildman–Crippen LogP) is 5.32. The molecule has 9 nitrogen and oxygen atoms in total. The van der Waals surface area contributed by atoms with Crippen molar-refractivity contribution in [2.24, 2.45) is 5.10 Å². The van der Waals surface area contributed by atoms with Crippen molar-refractivity contribution < 1.29 is 18.4 Å². The highest BCUT2D eigenvalue weighted by atomic mass is 32.2. The van der Waals surface area contributed by atoms with Crippen LogP contribution in [0.4, 0.5) is 17.1 Å². The molecule has 0 heterocycles. The number of aryl methyl sites for hydroxylation is 2. The number of hydrogen-bond donors (Lipinski definition) is 3. The summed E-state index contributed by atoms with van der Waals surface area (Å²) in [5, 5.41) is 27.6. The lowest BCUT2D eigenvalue weighted by Gasteiger charge is -2.12. The predicted molar refractivity (Wildman–Crippen MR) is 137 cm³/mol. The molecule has 0 atom stereocenters. The van der Waals surface area contributed by atoms with E-state index in [9.17, 15) is 23.6 Å². The third kappa shape index (κ3) is 5.07. The zero-order valence-electron chi connectivity index (χ0n) is 18.9. The van der Waals surface area contributed by atoms with Crippen molar-refractivity contribution >= 4 is 44.1 Å². The number of nitrogens with one attached hydrogen (secondary N) is 2. The molecule has 0 aliphatic rings. The van der Waals surface area contributed by atoms with Crippen molar-refractivity contribution in [2.75, 3.05) is 10.1 Å². The highest BCUT2D eigenvalue weighted by molar-refractivity contribution is 7.92. The highest BCUT2D eigenvalue weighted by Gasteiger charge is 2.22. The van der Waals surface area contributed by atoms with Crippen LogP contribution in [0.2, 0.25) is 0 Å². The molecule has 4 rings (SSSR count). The van der Waals surface area contributed by atoms with Crippen LogP contribution in [0.3, 0.4) is 0 Å². The maximum atomic E-state index is 12.9. The summed E-state index contributed by atoms with van der Waals surface area (Å²) < 4.78 is 28.2. The number of phenols is 1. The van der Waals surface area contributed by atoms with E-state index in [2.05, 4.69) is 15.2 Å². The fourth-order valence-electron chi connectivity index (χ4n) is 3.64. The number of hydrazone groups is 1. The van der Waals surface area contributed by atoms with E-state index in [1.54, 1.807) is 25.1 Å². The number of benzene rings is 4. The van der Waals surface area contributed by atoms with Gasteiger partial charge in [-0.25, -0.2) is 8.42 Å². The Hall–Kier alpha value is -4.44. The van der Waals surface area contributed by atoms with Crippen LogP contribution >= 0.6 is 0 Å². The summed E-state index contributed by atoms with van der Waals surface area (Å²) in [4.78, 5) is 10.7. The van der Waals surface area contributed by atoms with Gasteiger partial charge in [0.05, 0.1) is 21.7 Å². The Balaban J connectivity index is 1.62. The molecule has 0 amide bonds. The van der Waals surface area contributed by atoms with E-state index in [1.807, 2.05) is 37.3 Å². The Morgan fingerprint density at radius 3 is 2.46 bits per heavy atom. The molecule has 4 aromatic carbocycles. The summed E-state index contributed by atoms with van der Waals surface area (Å²) in [7, 11) is -4.07. The van der Waals surface area contributed by atoms with E-state index in [1.165, 1.54) is 24.4 Å². The second-order valence-corrected chi connectivity index (χ2v) is 9.63. The number of anilines is 2. The molecule has 35 heavy (non-hydrogen) atoms. The van der Waals surface area contributed by atoms with Crippen LogP contribution < -0.4 is 10.1 Å². The van der Waals surface area contributed by atoms with Crippen LogP contribution in [0.5, 0.6) is 5.75 Å². The van der Waals surface area contributed by atoms with E-state index in [-0.39, 0.29) is 16.3 Å². The number of hydrogen-bond acceptors (Lipinski definition) is 7. The van der Waals surface area contributed by atoms with Crippen LogP contribution in [0.25, 0.3) is 10.8 Å². The van der Waals surface area contributed by atoms with Gasteiger partial charge in [0.15, 0.2) is 0 Å². The third-order valence-electron chi connectivity index (χ3n) is 5.43. The summed E-state index contributed by atoms with van der Waals surface area (Å²) in [6.07, 6.45) is 1.35. The fourth-order valence-corrected chi connectivity index (χ4v) is 4.79. The lowest BCUT2D eigenvalue weighted by Crippen LogP contribution is -2.14. The molecular weight excluding hydrogens is 468 g/mol. The second-order valence-electron chi connectivity index (χ2n) is 7.95. The Kier molecular flexibility index (Phi) is 6.39. The van der Waals surface area contributed by atoms with Crippen LogP contribution in [0, 0.1) is 24.0 Å². The second kappa shape index (κ2) is 9.43. The molecule has 0 fully saturated rings. The van der Waals surface area contributed by atoms with Crippen LogP contribution in [0.15, 0.2) is 82.8 Å². The van der Waals surface area contributed by atoms with Gasteiger partial charge in [-0.15, -0.1) is 0 Å². The maximum Gasteiger partial charge on any atom is 0.295 e. The SMILES string of the molecule is Cc1ccc(NS(=O)(=O)c2ccc(N/N=C/c3c(O)ccc4ccccc34)c([N+](=O)[O-])c2)c(C)c1. The van der Waals surface area contributed by atoms with Gasteiger partial charge in [-0.1, -0.05) is 48.0 Å². The molecule has 0 radical (unpaired) electrons. The molecule has 0 saturated carbocycles. The van der Waals surface area contributed by atoms with Gasteiger partial charge in [-0.05, 0) is 54.4 Å². The van der Waals surface area contributed by atoms with Gasteiger partial charge in [0.25, 0.3) is 15.7 Å². The van der Waals surface area contributed by atoms with Crippen molar-refractivity contribution in [1.82, 2.24) is 0 Å². The number of phenolic OH excluding ortho intramolecular Hbond substituents is 1. The first kappa shape index (κ1) is 23.7. The summed E-state index contributed by atoms with van der Waals surface area (Å²) in [6.45, 7) is 3.66. The first-order valence-corrected chi connectivity index (χ1v) is 12.0. The van der Waals surface area contributed by atoms with E-state index in [0.29, 0.717) is 11.3 Å². The number of rotatable bonds is 7. The molecule has 10 heteroatoms. The van der Waals surface area contributed by atoms with E-state index in [4.69, 9.17) is 0 Å². The molecule has 0 aliphatic heterocycles. The Morgan fingerprint density at radius 1 is 0.971 bits per heavy atom. The molecule has 0 saturated heterocycles. The van der Waals surface area contributed by atoms with Crippen molar-refractivity contribution in [2.45, 2.75) is 18.7 Å². The largest absolute Gasteiger partial charge is 0.507 e. The number of nitro benzene ring substituents is 1. The quantitative estimate of drug-likeness (QED) is 0.182. The molecule has 4 aromatic rings. The molecule has 3 N–H and O–H groups in total. The third-order valence-corrected chi connectivity index (χ3v) is 6.79. The number of sulfonamides is 1. The van der Waals surface area contributed by atoms with Gasteiger partial charge in [0.1, 0.15) is 11.4 Å². The van der Waals surface area contributed by atoms with Gasteiger partial charge < -0.3 is 5.11 Å². The minimum absolute atomic E-state index is 0.00247. The number of nitrogens with zero attached hydrogens (tertiary/aromatic N) is 2. The normalized spacial score (nSPS) is 11.6.